The first kappa shape index (κ1) is 7.93. The van der Waals surface area contributed by atoms with Crippen molar-refractivity contribution in [2.75, 3.05) is 6.61 Å². The fourth-order valence-corrected chi connectivity index (χ4v) is 4.24. The van der Waals surface area contributed by atoms with Gasteiger partial charge in [0.05, 0.1) is 0 Å². The van der Waals surface area contributed by atoms with Crippen molar-refractivity contribution in [2.45, 2.75) is 42.6 Å². The van der Waals surface area contributed by atoms with Crippen LogP contribution in [0.1, 0.15) is 32.1 Å². The summed E-state index contributed by atoms with van der Waals surface area (Å²) in [7, 11) is 0. The van der Waals surface area contributed by atoms with Crippen LogP contribution < -0.4 is 0 Å². The van der Waals surface area contributed by atoms with Gasteiger partial charge in [0, 0.05) is 17.1 Å². The number of hydrogen-bond donors (Lipinski definition) is 1. The van der Waals surface area contributed by atoms with E-state index in [0.29, 0.717) is 6.61 Å². The first-order valence-corrected chi connectivity index (χ1v) is 5.59. The lowest BCUT2D eigenvalue weighted by Gasteiger charge is -2.26. The number of rotatable bonds is 2. The van der Waals surface area contributed by atoms with Crippen molar-refractivity contribution in [3.63, 3.8) is 0 Å². The van der Waals surface area contributed by atoms with Gasteiger partial charge in [-0.15, -0.1) is 0 Å². The minimum Gasteiger partial charge on any atom is -0.396 e. The van der Waals surface area contributed by atoms with Crippen LogP contribution in [0.2, 0.25) is 0 Å². The number of aliphatic hydroxyl groups is 1. The van der Waals surface area contributed by atoms with E-state index in [9.17, 15) is 0 Å². The molecule has 0 amide bonds. The van der Waals surface area contributed by atoms with Gasteiger partial charge in [-0.2, -0.15) is 11.8 Å². The highest BCUT2D eigenvalue weighted by Gasteiger charge is 2.33. The van der Waals surface area contributed by atoms with Crippen molar-refractivity contribution in [1.29, 1.82) is 0 Å². The molecule has 1 N–H and O–H groups in total. The van der Waals surface area contributed by atoms with Gasteiger partial charge in [0.2, 0.25) is 0 Å². The molecule has 2 bridgehead atoms. The normalized spacial score (nSPS) is 42.8. The molecule has 0 radical (unpaired) electrons. The van der Waals surface area contributed by atoms with Crippen molar-refractivity contribution >= 4 is 11.8 Å². The van der Waals surface area contributed by atoms with E-state index in [1.54, 1.807) is 0 Å². The van der Waals surface area contributed by atoms with Crippen LogP contribution in [-0.4, -0.2) is 22.2 Å². The van der Waals surface area contributed by atoms with E-state index in [1.165, 1.54) is 25.7 Å². The van der Waals surface area contributed by atoms with Crippen LogP contribution in [0, 0.1) is 5.92 Å². The molecule has 2 unspecified atom stereocenters. The second kappa shape index (κ2) is 3.36. The minimum absolute atomic E-state index is 0.398. The van der Waals surface area contributed by atoms with Crippen LogP contribution in [0.15, 0.2) is 0 Å². The standard InChI is InChI=1S/C9H16OS/c10-4-3-7-5-8-1-2-9(6-7)11-8/h7-10H,1-6H2. The number of hydrogen-bond acceptors (Lipinski definition) is 2. The van der Waals surface area contributed by atoms with Gasteiger partial charge in [-0.25, -0.2) is 0 Å². The molecule has 2 rings (SSSR count). The van der Waals surface area contributed by atoms with Crippen LogP contribution in [0.3, 0.4) is 0 Å². The van der Waals surface area contributed by atoms with Gasteiger partial charge in [-0.1, -0.05) is 0 Å². The third kappa shape index (κ3) is 1.73. The molecular weight excluding hydrogens is 156 g/mol. The monoisotopic (exact) mass is 172 g/mol. The first-order valence-electron chi connectivity index (χ1n) is 4.65. The molecule has 2 atom stereocenters. The maximum Gasteiger partial charge on any atom is 0.0433 e. The first-order chi connectivity index (χ1) is 5.38. The summed E-state index contributed by atoms with van der Waals surface area (Å²) >= 11 is 2.20. The van der Waals surface area contributed by atoms with Gasteiger partial charge in [-0.3, -0.25) is 0 Å². The maximum absolute atomic E-state index is 8.80. The van der Waals surface area contributed by atoms with Crippen molar-refractivity contribution < 1.29 is 5.11 Å². The lowest BCUT2D eigenvalue weighted by molar-refractivity contribution is 0.247. The summed E-state index contributed by atoms with van der Waals surface area (Å²) < 4.78 is 0. The second-order valence-electron chi connectivity index (χ2n) is 3.81. The largest absolute Gasteiger partial charge is 0.396 e. The third-order valence-electron chi connectivity index (χ3n) is 2.93. The van der Waals surface area contributed by atoms with Crippen LogP contribution in [0.4, 0.5) is 0 Å². The molecule has 0 aromatic carbocycles. The fraction of sp³-hybridized carbons (Fsp3) is 1.00. The van der Waals surface area contributed by atoms with Crippen molar-refractivity contribution in [2.24, 2.45) is 5.92 Å². The summed E-state index contributed by atoms with van der Waals surface area (Å²) in [5.41, 5.74) is 0. The predicted octanol–water partition coefficient (Wildman–Crippen LogP) is 2.04. The van der Waals surface area contributed by atoms with Crippen molar-refractivity contribution in [3.8, 4) is 0 Å². The van der Waals surface area contributed by atoms with Gasteiger partial charge in [0.25, 0.3) is 0 Å². The zero-order chi connectivity index (χ0) is 7.68. The van der Waals surface area contributed by atoms with E-state index < -0.39 is 0 Å². The van der Waals surface area contributed by atoms with E-state index in [1.807, 2.05) is 0 Å². The van der Waals surface area contributed by atoms with E-state index in [4.69, 9.17) is 5.11 Å². The molecule has 0 aliphatic carbocycles. The van der Waals surface area contributed by atoms with Gasteiger partial charge >= 0.3 is 0 Å². The highest BCUT2D eigenvalue weighted by molar-refractivity contribution is 8.00. The summed E-state index contributed by atoms with van der Waals surface area (Å²) in [5, 5.41) is 10.7. The molecule has 1 nitrogen and oxygen atoms in total. The summed E-state index contributed by atoms with van der Waals surface area (Å²) in [6, 6.07) is 0. The predicted molar refractivity (Wildman–Crippen MR) is 48.8 cm³/mol. The number of fused-ring (bicyclic) bond motifs is 2. The number of aliphatic hydroxyl groups excluding tert-OH is 1. The van der Waals surface area contributed by atoms with E-state index >= 15 is 0 Å². The maximum atomic E-state index is 8.80. The van der Waals surface area contributed by atoms with Gasteiger partial charge in [0.15, 0.2) is 0 Å². The summed E-state index contributed by atoms with van der Waals surface area (Å²) in [5.74, 6) is 0.846. The molecule has 0 spiro atoms. The molecule has 2 fully saturated rings. The molecule has 2 saturated heterocycles. The van der Waals surface area contributed by atoms with E-state index in [2.05, 4.69) is 11.8 Å². The lowest BCUT2D eigenvalue weighted by atomic mass is 9.96. The Hall–Kier alpha value is 0.310. The molecule has 2 heterocycles. The summed E-state index contributed by atoms with van der Waals surface area (Å²) in [6.45, 7) is 0.398. The van der Waals surface area contributed by atoms with Crippen LogP contribution in [-0.2, 0) is 0 Å². The van der Waals surface area contributed by atoms with Crippen LogP contribution in [0.25, 0.3) is 0 Å². The van der Waals surface area contributed by atoms with Gasteiger partial charge in [-0.05, 0) is 38.0 Å². The highest BCUT2D eigenvalue weighted by atomic mass is 32.2. The summed E-state index contributed by atoms with van der Waals surface area (Å²) in [4.78, 5) is 0. The van der Waals surface area contributed by atoms with E-state index in [0.717, 1.165) is 22.8 Å². The van der Waals surface area contributed by atoms with Gasteiger partial charge < -0.3 is 5.11 Å². The van der Waals surface area contributed by atoms with Crippen LogP contribution in [0.5, 0.6) is 0 Å². The number of thioether (sulfide) groups is 1. The third-order valence-corrected chi connectivity index (χ3v) is 4.55. The van der Waals surface area contributed by atoms with Crippen molar-refractivity contribution in [3.05, 3.63) is 0 Å². The smallest absolute Gasteiger partial charge is 0.0433 e. The Morgan fingerprint density at radius 2 is 1.82 bits per heavy atom. The Bertz CT molecular complexity index is 126. The molecule has 0 aromatic rings. The topological polar surface area (TPSA) is 20.2 Å². The average Bonchev–Trinajstić information content (AvgIpc) is 2.32. The second-order valence-corrected chi connectivity index (χ2v) is 5.41. The van der Waals surface area contributed by atoms with Crippen molar-refractivity contribution in [1.82, 2.24) is 0 Å². The Kier molecular flexibility index (Phi) is 2.42. The Labute approximate surface area is 72.6 Å². The molecule has 0 aromatic heterocycles. The highest BCUT2D eigenvalue weighted by Crippen LogP contribution is 2.46. The van der Waals surface area contributed by atoms with Gasteiger partial charge in [0.1, 0.15) is 0 Å². The minimum atomic E-state index is 0.398. The molecule has 2 aliphatic rings. The zero-order valence-electron chi connectivity index (χ0n) is 6.83. The Morgan fingerprint density at radius 3 is 2.36 bits per heavy atom. The fourth-order valence-electron chi connectivity index (χ4n) is 2.38. The SMILES string of the molecule is OCCC1CC2CCC(C1)S2. The quantitative estimate of drug-likeness (QED) is 0.688. The Balaban J connectivity index is 1.87. The lowest BCUT2D eigenvalue weighted by Crippen LogP contribution is -2.17. The molecule has 11 heavy (non-hydrogen) atoms. The Morgan fingerprint density at radius 1 is 1.18 bits per heavy atom. The molecule has 2 aliphatic heterocycles. The van der Waals surface area contributed by atoms with Crippen LogP contribution >= 0.6 is 11.8 Å². The molecule has 64 valence electrons. The molecular formula is C9H16OS. The van der Waals surface area contributed by atoms with E-state index in [-0.39, 0.29) is 0 Å². The molecule has 2 heteroatoms. The average molecular weight is 172 g/mol. The molecule has 0 saturated carbocycles. The summed E-state index contributed by atoms with van der Waals surface area (Å²) in [6.07, 6.45) is 6.69. The zero-order valence-corrected chi connectivity index (χ0v) is 7.65.